The zero-order valence-electron chi connectivity index (χ0n) is 8.96. The zero-order chi connectivity index (χ0) is 11.4. The molecule has 15 heavy (non-hydrogen) atoms. The predicted molar refractivity (Wildman–Crippen MR) is 58.1 cm³/mol. The lowest BCUT2D eigenvalue weighted by Gasteiger charge is -2.19. The van der Waals surface area contributed by atoms with Crippen LogP contribution in [0.2, 0.25) is 0 Å². The van der Waals surface area contributed by atoms with Crippen molar-refractivity contribution in [1.82, 2.24) is 4.90 Å². The average molecular weight is 210 g/mol. The lowest BCUT2D eigenvalue weighted by molar-refractivity contribution is 0.0773. The summed E-state index contributed by atoms with van der Waals surface area (Å²) in [6.45, 7) is 4.92. The van der Waals surface area contributed by atoms with Crippen molar-refractivity contribution >= 4 is 11.6 Å². The standard InChI is InChI=1S/C11H15FN2O/c1-3-14(4-2)11(15)9-7-8(12)5-6-10(9)13/h5-7H,3-4,13H2,1-2H3. The van der Waals surface area contributed by atoms with Crippen molar-refractivity contribution in [2.75, 3.05) is 18.8 Å². The maximum Gasteiger partial charge on any atom is 0.256 e. The van der Waals surface area contributed by atoms with E-state index in [4.69, 9.17) is 5.73 Å². The molecule has 0 heterocycles. The summed E-state index contributed by atoms with van der Waals surface area (Å²) in [5, 5.41) is 0. The summed E-state index contributed by atoms with van der Waals surface area (Å²) in [6.07, 6.45) is 0. The van der Waals surface area contributed by atoms with Crippen LogP contribution in [0.4, 0.5) is 10.1 Å². The van der Waals surface area contributed by atoms with Crippen molar-refractivity contribution in [3.05, 3.63) is 29.6 Å². The fourth-order valence-corrected chi connectivity index (χ4v) is 1.39. The minimum Gasteiger partial charge on any atom is -0.398 e. The highest BCUT2D eigenvalue weighted by Gasteiger charge is 2.15. The number of nitrogens with zero attached hydrogens (tertiary/aromatic N) is 1. The first-order chi connectivity index (χ1) is 7.10. The SMILES string of the molecule is CCN(CC)C(=O)c1cc(F)ccc1N. The molecule has 1 rings (SSSR count). The first-order valence-corrected chi connectivity index (χ1v) is 4.94. The molecule has 0 aliphatic heterocycles. The molecule has 0 spiro atoms. The van der Waals surface area contributed by atoms with Gasteiger partial charge in [0.1, 0.15) is 5.82 Å². The lowest BCUT2D eigenvalue weighted by Crippen LogP contribution is -2.31. The molecule has 82 valence electrons. The van der Waals surface area contributed by atoms with Crippen molar-refractivity contribution in [3.8, 4) is 0 Å². The van der Waals surface area contributed by atoms with E-state index in [-0.39, 0.29) is 11.5 Å². The van der Waals surface area contributed by atoms with Crippen LogP contribution in [0, 0.1) is 5.82 Å². The summed E-state index contributed by atoms with van der Waals surface area (Å²) in [5.74, 6) is -0.670. The third-order valence-electron chi connectivity index (χ3n) is 2.30. The van der Waals surface area contributed by atoms with Crippen LogP contribution < -0.4 is 5.73 Å². The summed E-state index contributed by atoms with van der Waals surface area (Å²) in [4.78, 5) is 13.5. The second kappa shape index (κ2) is 4.77. The molecule has 0 saturated carbocycles. The van der Waals surface area contributed by atoms with Gasteiger partial charge in [-0.25, -0.2) is 4.39 Å². The van der Waals surface area contributed by atoms with Gasteiger partial charge in [-0.05, 0) is 32.0 Å². The molecular weight excluding hydrogens is 195 g/mol. The van der Waals surface area contributed by atoms with E-state index in [0.29, 0.717) is 18.8 Å². The van der Waals surface area contributed by atoms with Crippen LogP contribution in [0.1, 0.15) is 24.2 Å². The van der Waals surface area contributed by atoms with Gasteiger partial charge in [-0.2, -0.15) is 0 Å². The first-order valence-electron chi connectivity index (χ1n) is 4.94. The van der Waals surface area contributed by atoms with Gasteiger partial charge in [0.2, 0.25) is 0 Å². The van der Waals surface area contributed by atoms with Gasteiger partial charge >= 0.3 is 0 Å². The monoisotopic (exact) mass is 210 g/mol. The van der Waals surface area contributed by atoms with E-state index in [1.165, 1.54) is 18.2 Å². The molecule has 0 radical (unpaired) electrons. The summed E-state index contributed by atoms with van der Waals surface area (Å²) >= 11 is 0. The molecule has 0 fully saturated rings. The highest BCUT2D eigenvalue weighted by Crippen LogP contribution is 2.15. The topological polar surface area (TPSA) is 46.3 Å². The van der Waals surface area contributed by atoms with Crippen molar-refractivity contribution in [1.29, 1.82) is 0 Å². The Bertz CT molecular complexity index is 362. The molecule has 2 N–H and O–H groups in total. The van der Waals surface area contributed by atoms with Gasteiger partial charge in [-0.3, -0.25) is 4.79 Å². The van der Waals surface area contributed by atoms with Crippen LogP contribution in [0.3, 0.4) is 0 Å². The summed E-state index contributed by atoms with van der Waals surface area (Å²) < 4.78 is 13.0. The average Bonchev–Trinajstić information content (AvgIpc) is 2.23. The fraction of sp³-hybridized carbons (Fsp3) is 0.364. The van der Waals surface area contributed by atoms with Crippen molar-refractivity contribution < 1.29 is 9.18 Å². The third kappa shape index (κ3) is 2.46. The molecule has 0 aromatic heterocycles. The summed E-state index contributed by atoms with van der Waals surface area (Å²) in [5.41, 5.74) is 6.17. The van der Waals surface area contributed by atoms with Crippen LogP contribution in [0.25, 0.3) is 0 Å². The van der Waals surface area contributed by atoms with E-state index >= 15 is 0 Å². The third-order valence-corrected chi connectivity index (χ3v) is 2.30. The molecular formula is C11H15FN2O. The number of nitrogen functional groups attached to an aromatic ring is 1. The number of amides is 1. The molecule has 0 aliphatic rings. The minimum absolute atomic E-state index is 0.225. The molecule has 4 heteroatoms. The number of carbonyl (C=O) groups excluding carboxylic acids is 1. The molecule has 1 aromatic rings. The van der Waals surface area contributed by atoms with Crippen LogP contribution in [0.5, 0.6) is 0 Å². The highest BCUT2D eigenvalue weighted by molar-refractivity contribution is 5.99. The van der Waals surface area contributed by atoms with Crippen LogP contribution in [-0.2, 0) is 0 Å². The second-order valence-corrected chi connectivity index (χ2v) is 3.21. The first kappa shape index (κ1) is 11.5. The maximum absolute atomic E-state index is 13.0. The van der Waals surface area contributed by atoms with Gasteiger partial charge in [0.05, 0.1) is 5.56 Å². The lowest BCUT2D eigenvalue weighted by atomic mass is 10.1. The van der Waals surface area contributed by atoms with Crippen molar-refractivity contribution in [2.45, 2.75) is 13.8 Å². The van der Waals surface area contributed by atoms with E-state index in [2.05, 4.69) is 0 Å². The van der Waals surface area contributed by atoms with E-state index in [1.807, 2.05) is 13.8 Å². The molecule has 0 unspecified atom stereocenters. The Hall–Kier alpha value is -1.58. The van der Waals surface area contributed by atoms with Crippen LogP contribution in [-0.4, -0.2) is 23.9 Å². The van der Waals surface area contributed by atoms with Gasteiger partial charge in [0, 0.05) is 18.8 Å². The summed E-state index contributed by atoms with van der Waals surface area (Å²) in [6, 6.07) is 3.83. The molecule has 1 aromatic carbocycles. The van der Waals surface area contributed by atoms with Crippen LogP contribution >= 0.6 is 0 Å². The maximum atomic E-state index is 13.0. The quantitative estimate of drug-likeness (QED) is 0.774. The number of nitrogens with two attached hydrogens (primary N) is 1. The van der Waals surface area contributed by atoms with E-state index in [1.54, 1.807) is 4.90 Å². The Morgan fingerprint density at radius 1 is 1.40 bits per heavy atom. The molecule has 0 bridgehead atoms. The Balaban J connectivity index is 3.04. The molecule has 0 saturated heterocycles. The number of halogens is 1. The largest absolute Gasteiger partial charge is 0.398 e. The Labute approximate surface area is 88.7 Å². The van der Waals surface area contributed by atoms with Gasteiger partial charge in [-0.15, -0.1) is 0 Å². The molecule has 0 aliphatic carbocycles. The number of benzene rings is 1. The van der Waals surface area contributed by atoms with E-state index in [0.717, 1.165) is 0 Å². The fourth-order valence-electron chi connectivity index (χ4n) is 1.39. The number of rotatable bonds is 3. The van der Waals surface area contributed by atoms with Gasteiger partial charge < -0.3 is 10.6 Å². The Morgan fingerprint density at radius 2 is 2.00 bits per heavy atom. The van der Waals surface area contributed by atoms with Crippen molar-refractivity contribution in [2.24, 2.45) is 0 Å². The number of hydrogen-bond acceptors (Lipinski definition) is 2. The van der Waals surface area contributed by atoms with Gasteiger partial charge in [0.15, 0.2) is 0 Å². The number of anilines is 1. The molecule has 0 atom stereocenters. The predicted octanol–water partition coefficient (Wildman–Crippen LogP) is 1.89. The van der Waals surface area contributed by atoms with Gasteiger partial charge in [-0.1, -0.05) is 0 Å². The van der Waals surface area contributed by atoms with Gasteiger partial charge in [0.25, 0.3) is 5.91 Å². The molecule has 1 amide bonds. The van der Waals surface area contributed by atoms with E-state index in [9.17, 15) is 9.18 Å². The number of carbonyl (C=O) groups is 1. The van der Waals surface area contributed by atoms with Crippen LogP contribution in [0.15, 0.2) is 18.2 Å². The van der Waals surface area contributed by atoms with Crippen molar-refractivity contribution in [3.63, 3.8) is 0 Å². The van der Waals surface area contributed by atoms with E-state index < -0.39 is 5.82 Å². The molecule has 3 nitrogen and oxygen atoms in total. The Morgan fingerprint density at radius 3 is 2.53 bits per heavy atom. The summed E-state index contributed by atoms with van der Waals surface area (Å²) in [7, 11) is 0. The Kier molecular flexibility index (Phi) is 3.66. The second-order valence-electron chi connectivity index (χ2n) is 3.21. The highest BCUT2D eigenvalue weighted by atomic mass is 19.1. The zero-order valence-corrected chi connectivity index (χ0v) is 8.96. The number of hydrogen-bond donors (Lipinski definition) is 1. The normalized spacial score (nSPS) is 10.1. The minimum atomic E-state index is -0.445. The smallest absolute Gasteiger partial charge is 0.256 e.